The molecule has 0 atom stereocenters. The molecule has 0 unspecified atom stereocenters. The molecule has 1 aliphatic heterocycles. The van der Waals surface area contributed by atoms with Gasteiger partial charge in [0, 0.05) is 67.0 Å². The van der Waals surface area contributed by atoms with Gasteiger partial charge in [-0.05, 0) is 54.8 Å². The Bertz CT molecular complexity index is 1510. The van der Waals surface area contributed by atoms with Crippen molar-refractivity contribution in [2.75, 3.05) is 31.1 Å². The second-order valence-corrected chi connectivity index (χ2v) is 9.33. The van der Waals surface area contributed by atoms with Crippen LogP contribution in [0.4, 0.5) is 5.69 Å². The van der Waals surface area contributed by atoms with Crippen molar-refractivity contribution in [3.05, 3.63) is 90.1 Å². The lowest BCUT2D eigenvalue weighted by molar-refractivity contribution is 0.240. The molecule has 180 valence electrons. The number of aryl methyl sites for hydroxylation is 1. The SMILES string of the molecule is Cc1cccc(-c2nc(CN3CCN(c4ccnc5cc(-c6cccnc6)ccc45)CC3)no2)c1C. The average molecular weight is 477 g/mol. The molecule has 0 bridgehead atoms. The van der Waals surface area contributed by atoms with Crippen LogP contribution in [-0.2, 0) is 6.54 Å². The Labute approximate surface area is 210 Å². The fourth-order valence-corrected chi connectivity index (χ4v) is 4.88. The van der Waals surface area contributed by atoms with Crippen molar-refractivity contribution >= 4 is 16.6 Å². The predicted molar refractivity (Wildman–Crippen MR) is 142 cm³/mol. The summed E-state index contributed by atoms with van der Waals surface area (Å²) < 4.78 is 5.60. The smallest absolute Gasteiger partial charge is 0.258 e. The lowest BCUT2D eigenvalue weighted by Gasteiger charge is -2.36. The number of aromatic nitrogens is 4. The Hall–Kier alpha value is -4.10. The van der Waals surface area contributed by atoms with Crippen LogP contribution in [0.25, 0.3) is 33.5 Å². The van der Waals surface area contributed by atoms with Crippen molar-refractivity contribution in [2.24, 2.45) is 0 Å². The monoisotopic (exact) mass is 476 g/mol. The molecule has 0 N–H and O–H groups in total. The highest BCUT2D eigenvalue weighted by Gasteiger charge is 2.21. The standard InChI is InChI=1S/C29H28N6O/c1-20-5-3-7-24(21(20)2)29-32-28(33-36-29)19-34-13-15-35(16-14-34)27-10-12-31-26-17-22(8-9-25(26)27)23-6-4-11-30-18-23/h3-12,17-18H,13-16,19H2,1-2H3. The maximum atomic E-state index is 5.60. The molecule has 0 amide bonds. The van der Waals surface area contributed by atoms with Gasteiger partial charge in [-0.15, -0.1) is 0 Å². The molecule has 1 fully saturated rings. The van der Waals surface area contributed by atoms with Crippen molar-refractivity contribution < 1.29 is 4.52 Å². The second-order valence-electron chi connectivity index (χ2n) is 9.33. The summed E-state index contributed by atoms with van der Waals surface area (Å²) in [5.41, 5.74) is 7.87. The summed E-state index contributed by atoms with van der Waals surface area (Å²) in [5.74, 6) is 1.33. The molecule has 0 spiro atoms. The molecular weight excluding hydrogens is 448 g/mol. The topological polar surface area (TPSA) is 71.2 Å². The lowest BCUT2D eigenvalue weighted by Crippen LogP contribution is -2.46. The Morgan fingerprint density at radius 3 is 2.61 bits per heavy atom. The molecule has 3 aromatic heterocycles. The average Bonchev–Trinajstić information content (AvgIpc) is 3.38. The molecule has 36 heavy (non-hydrogen) atoms. The van der Waals surface area contributed by atoms with Crippen LogP contribution in [0.1, 0.15) is 17.0 Å². The number of hydrogen-bond donors (Lipinski definition) is 0. The van der Waals surface area contributed by atoms with Crippen molar-refractivity contribution in [3.8, 4) is 22.6 Å². The van der Waals surface area contributed by atoms with Crippen LogP contribution in [0.2, 0.25) is 0 Å². The first-order valence-electron chi connectivity index (χ1n) is 12.3. The third kappa shape index (κ3) is 4.33. The Balaban J connectivity index is 1.14. The number of anilines is 1. The van der Waals surface area contributed by atoms with E-state index in [0.29, 0.717) is 12.4 Å². The number of pyridine rings is 2. The molecule has 1 aliphatic rings. The fourth-order valence-electron chi connectivity index (χ4n) is 4.88. The van der Waals surface area contributed by atoms with Crippen LogP contribution in [0, 0.1) is 13.8 Å². The van der Waals surface area contributed by atoms with Gasteiger partial charge in [0.15, 0.2) is 5.82 Å². The summed E-state index contributed by atoms with van der Waals surface area (Å²) in [6.45, 7) is 8.62. The molecule has 2 aromatic carbocycles. The van der Waals surface area contributed by atoms with Gasteiger partial charge in [-0.1, -0.05) is 35.5 Å². The highest BCUT2D eigenvalue weighted by atomic mass is 16.5. The molecule has 0 radical (unpaired) electrons. The van der Waals surface area contributed by atoms with E-state index in [1.54, 1.807) is 6.20 Å². The van der Waals surface area contributed by atoms with Gasteiger partial charge in [0.2, 0.25) is 0 Å². The highest BCUT2D eigenvalue weighted by molar-refractivity contribution is 5.94. The van der Waals surface area contributed by atoms with Gasteiger partial charge in [0.25, 0.3) is 5.89 Å². The number of nitrogens with zero attached hydrogens (tertiary/aromatic N) is 6. The summed E-state index contributed by atoms with van der Waals surface area (Å²) in [6, 6.07) is 18.8. The quantitative estimate of drug-likeness (QED) is 0.341. The van der Waals surface area contributed by atoms with E-state index >= 15 is 0 Å². The van der Waals surface area contributed by atoms with E-state index in [1.165, 1.54) is 22.2 Å². The maximum absolute atomic E-state index is 5.60. The number of benzene rings is 2. The van der Waals surface area contributed by atoms with Crippen molar-refractivity contribution in [2.45, 2.75) is 20.4 Å². The van der Waals surface area contributed by atoms with Crippen molar-refractivity contribution in [1.82, 2.24) is 25.0 Å². The first-order chi connectivity index (χ1) is 17.7. The van der Waals surface area contributed by atoms with Crippen molar-refractivity contribution in [1.29, 1.82) is 0 Å². The summed E-state index contributed by atoms with van der Waals surface area (Å²) in [7, 11) is 0. The molecule has 6 rings (SSSR count). The first kappa shape index (κ1) is 22.4. The molecular formula is C29H28N6O. The van der Waals surface area contributed by atoms with Crippen LogP contribution < -0.4 is 4.90 Å². The molecule has 5 aromatic rings. The number of rotatable bonds is 5. The minimum absolute atomic E-state index is 0.596. The highest BCUT2D eigenvalue weighted by Crippen LogP contribution is 2.30. The van der Waals surface area contributed by atoms with Crippen LogP contribution in [0.3, 0.4) is 0 Å². The Morgan fingerprint density at radius 2 is 1.78 bits per heavy atom. The zero-order chi connectivity index (χ0) is 24.5. The second kappa shape index (κ2) is 9.51. The largest absolute Gasteiger partial charge is 0.368 e. The molecule has 7 heteroatoms. The minimum atomic E-state index is 0.596. The van der Waals surface area contributed by atoms with E-state index in [-0.39, 0.29) is 0 Å². The minimum Gasteiger partial charge on any atom is -0.368 e. The molecule has 4 heterocycles. The zero-order valence-electron chi connectivity index (χ0n) is 20.6. The number of hydrogen-bond acceptors (Lipinski definition) is 7. The van der Waals surface area contributed by atoms with Gasteiger partial charge in [-0.2, -0.15) is 4.98 Å². The van der Waals surface area contributed by atoms with Gasteiger partial charge < -0.3 is 9.42 Å². The Morgan fingerprint density at radius 1 is 0.889 bits per heavy atom. The van der Waals surface area contributed by atoms with Crippen LogP contribution in [0.15, 0.2) is 77.7 Å². The lowest BCUT2D eigenvalue weighted by atomic mass is 10.0. The maximum Gasteiger partial charge on any atom is 0.258 e. The van der Waals surface area contributed by atoms with E-state index in [4.69, 9.17) is 4.52 Å². The Kier molecular flexibility index (Phi) is 5.91. The molecule has 0 saturated carbocycles. The van der Waals surface area contributed by atoms with Crippen molar-refractivity contribution in [3.63, 3.8) is 0 Å². The van der Waals surface area contributed by atoms with Crippen LogP contribution in [-0.4, -0.2) is 51.2 Å². The van der Waals surface area contributed by atoms with Gasteiger partial charge in [0.05, 0.1) is 12.1 Å². The van der Waals surface area contributed by atoms with E-state index in [9.17, 15) is 0 Å². The van der Waals surface area contributed by atoms with Crippen LogP contribution in [0.5, 0.6) is 0 Å². The summed E-state index contributed by atoms with van der Waals surface area (Å²) in [6.07, 6.45) is 5.59. The van der Waals surface area contributed by atoms with Gasteiger partial charge in [0.1, 0.15) is 0 Å². The summed E-state index contributed by atoms with van der Waals surface area (Å²) >= 11 is 0. The predicted octanol–water partition coefficient (Wildman–Crippen LogP) is 5.29. The van der Waals surface area contributed by atoms with Gasteiger partial charge >= 0.3 is 0 Å². The third-order valence-electron chi connectivity index (χ3n) is 7.10. The van der Waals surface area contributed by atoms with Gasteiger partial charge in [-0.3, -0.25) is 14.9 Å². The summed E-state index contributed by atoms with van der Waals surface area (Å²) in [4.78, 5) is 18.4. The van der Waals surface area contributed by atoms with Crippen LogP contribution >= 0.6 is 0 Å². The normalized spacial score (nSPS) is 14.4. The van der Waals surface area contributed by atoms with E-state index in [1.807, 2.05) is 30.6 Å². The number of piperazine rings is 1. The van der Waals surface area contributed by atoms with E-state index in [2.05, 4.69) is 80.2 Å². The van der Waals surface area contributed by atoms with E-state index < -0.39 is 0 Å². The summed E-state index contributed by atoms with van der Waals surface area (Å²) in [5, 5.41) is 5.43. The molecule has 0 aliphatic carbocycles. The zero-order valence-corrected chi connectivity index (χ0v) is 20.6. The first-order valence-corrected chi connectivity index (χ1v) is 12.3. The fraction of sp³-hybridized carbons (Fsp3) is 0.241. The third-order valence-corrected chi connectivity index (χ3v) is 7.10. The number of fused-ring (bicyclic) bond motifs is 1. The van der Waals surface area contributed by atoms with E-state index in [0.717, 1.165) is 54.2 Å². The van der Waals surface area contributed by atoms with Gasteiger partial charge in [-0.25, -0.2) is 0 Å². The molecule has 1 saturated heterocycles. The molecule has 7 nitrogen and oxygen atoms in total.